The summed E-state index contributed by atoms with van der Waals surface area (Å²) in [4.78, 5) is 12.3. The lowest BCUT2D eigenvalue weighted by Gasteiger charge is -2.07. The number of benzene rings is 3. The number of aromatic hydroxyl groups is 1. The Hall–Kier alpha value is -3.53. The number of carbonyl (C=O) groups excluding carboxylic acids is 1. The van der Waals surface area contributed by atoms with Crippen molar-refractivity contribution in [2.45, 2.75) is 26.7 Å². The first-order valence-electron chi connectivity index (χ1n) is 10.4. The van der Waals surface area contributed by atoms with Crippen LogP contribution in [0.5, 0.6) is 17.2 Å². The Morgan fingerprint density at radius 1 is 0.871 bits per heavy atom. The second-order valence-electron chi connectivity index (χ2n) is 7.93. The molecule has 0 atom stereocenters. The van der Waals surface area contributed by atoms with E-state index in [0.717, 1.165) is 23.1 Å². The molecule has 0 heterocycles. The first kappa shape index (κ1) is 22.2. The minimum atomic E-state index is -0.285. The Bertz CT molecular complexity index is 1030. The van der Waals surface area contributed by atoms with Gasteiger partial charge in [-0.1, -0.05) is 62.4 Å². The summed E-state index contributed by atoms with van der Waals surface area (Å²) < 4.78 is 10.6. The van der Waals surface area contributed by atoms with Crippen LogP contribution in [-0.2, 0) is 17.6 Å². The molecule has 0 spiro atoms. The third kappa shape index (κ3) is 7.03. The topological polar surface area (TPSA) is 55.8 Å². The third-order valence-corrected chi connectivity index (χ3v) is 4.74. The first-order valence-corrected chi connectivity index (χ1v) is 10.4. The Kier molecular flexibility index (Phi) is 7.50. The monoisotopic (exact) mass is 416 g/mol. The smallest absolute Gasteiger partial charge is 0.315 e. The normalized spacial score (nSPS) is 11.1. The highest BCUT2D eigenvalue weighted by Gasteiger charge is 2.07. The van der Waals surface area contributed by atoms with Gasteiger partial charge in [-0.3, -0.25) is 4.79 Å². The largest absolute Gasteiger partial charge is 0.508 e. The van der Waals surface area contributed by atoms with E-state index < -0.39 is 0 Å². The molecule has 0 aromatic heterocycles. The zero-order valence-corrected chi connectivity index (χ0v) is 18.2. The van der Waals surface area contributed by atoms with Gasteiger partial charge >= 0.3 is 5.97 Å². The molecule has 31 heavy (non-hydrogen) atoms. The average Bonchev–Trinajstić information content (AvgIpc) is 2.74. The number of esters is 1. The molecule has 3 aromatic carbocycles. The quantitative estimate of drug-likeness (QED) is 0.281. The van der Waals surface area contributed by atoms with Crippen molar-refractivity contribution in [3.8, 4) is 17.2 Å². The number of methoxy groups -OCH3 is 1. The highest BCUT2D eigenvalue weighted by atomic mass is 16.5. The van der Waals surface area contributed by atoms with Crippen LogP contribution in [0, 0.1) is 5.92 Å². The summed E-state index contributed by atoms with van der Waals surface area (Å²) in [6.45, 7) is 4.38. The molecule has 4 heteroatoms. The molecule has 0 saturated carbocycles. The van der Waals surface area contributed by atoms with E-state index in [1.54, 1.807) is 31.4 Å². The van der Waals surface area contributed by atoms with E-state index >= 15 is 0 Å². The molecule has 160 valence electrons. The molecule has 0 aliphatic rings. The molecule has 0 radical (unpaired) electrons. The molecular weight excluding hydrogens is 388 g/mol. The fraction of sp³-hybridized carbons (Fsp3) is 0.222. The van der Waals surface area contributed by atoms with Crippen LogP contribution in [0.15, 0.2) is 66.7 Å². The van der Waals surface area contributed by atoms with Crippen LogP contribution in [0.3, 0.4) is 0 Å². The lowest BCUT2D eigenvalue weighted by molar-refractivity contribution is -0.133. The summed E-state index contributed by atoms with van der Waals surface area (Å²) >= 11 is 0. The van der Waals surface area contributed by atoms with Crippen LogP contribution in [0.4, 0.5) is 0 Å². The molecule has 0 amide bonds. The summed E-state index contributed by atoms with van der Waals surface area (Å²) in [5.74, 6) is 1.58. The molecule has 0 bridgehead atoms. The van der Waals surface area contributed by atoms with E-state index in [9.17, 15) is 9.90 Å². The van der Waals surface area contributed by atoms with Gasteiger partial charge in [0, 0.05) is 6.07 Å². The van der Waals surface area contributed by atoms with Crippen LogP contribution >= 0.6 is 0 Å². The third-order valence-electron chi connectivity index (χ3n) is 4.74. The van der Waals surface area contributed by atoms with Gasteiger partial charge in [-0.25, -0.2) is 0 Å². The Labute approximate surface area is 183 Å². The van der Waals surface area contributed by atoms with Gasteiger partial charge in [-0.05, 0) is 58.9 Å². The summed E-state index contributed by atoms with van der Waals surface area (Å²) in [5.41, 5.74) is 3.99. The van der Waals surface area contributed by atoms with Crippen molar-refractivity contribution in [3.05, 3.63) is 89.0 Å². The Morgan fingerprint density at radius 3 is 2.16 bits per heavy atom. The van der Waals surface area contributed by atoms with Crippen molar-refractivity contribution in [1.82, 2.24) is 0 Å². The van der Waals surface area contributed by atoms with Crippen molar-refractivity contribution < 1.29 is 19.4 Å². The van der Waals surface area contributed by atoms with E-state index in [4.69, 9.17) is 9.47 Å². The van der Waals surface area contributed by atoms with Gasteiger partial charge in [0.05, 0.1) is 13.5 Å². The SMILES string of the molecule is COc1cc(O)cc(/C=C/c2ccc(OC(=O)Cc3ccc(CC(C)C)cc3)cc2)c1. The second kappa shape index (κ2) is 10.5. The number of ether oxygens (including phenoxy) is 2. The summed E-state index contributed by atoms with van der Waals surface area (Å²) in [7, 11) is 1.56. The van der Waals surface area contributed by atoms with Gasteiger partial charge in [-0.15, -0.1) is 0 Å². The minimum Gasteiger partial charge on any atom is -0.508 e. The van der Waals surface area contributed by atoms with Crippen LogP contribution in [0.2, 0.25) is 0 Å². The zero-order chi connectivity index (χ0) is 22.2. The van der Waals surface area contributed by atoms with Gasteiger partial charge in [0.25, 0.3) is 0 Å². The number of phenols is 1. The van der Waals surface area contributed by atoms with E-state index in [2.05, 4.69) is 26.0 Å². The fourth-order valence-electron chi connectivity index (χ4n) is 3.26. The molecule has 0 aliphatic carbocycles. The molecule has 0 aliphatic heterocycles. The molecule has 0 fully saturated rings. The summed E-state index contributed by atoms with van der Waals surface area (Å²) in [6, 6.07) is 20.5. The molecule has 3 aromatic rings. The number of hydrogen-bond acceptors (Lipinski definition) is 4. The molecular formula is C27H28O4. The molecule has 0 unspecified atom stereocenters. The molecule has 1 N–H and O–H groups in total. The van der Waals surface area contributed by atoms with E-state index in [0.29, 0.717) is 17.4 Å². The summed E-state index contributed by atoms with van der Waals surface area (Å²) in [5, 5.41) is 9.73. The van der Waals surface area contributed by atoms with Gasteiger partial charge in [0.15, 0.2) is 0 Å². The van der Waals surface area contributed by atoms with Crippen molar-refractivity contribution in [2.75, 3.05) is 7.11 Å². The van der Waals surface area contributed by atoms with E-state index in [1.807, 2.05) is 42.5 Å². The standard InChI is InChI=1S/C27H28O4/c1-19(2)14-21-5-7-22(8-6-21)17-27(29)31-25-12-10-20(11-13-25)4-9-23-15-24(28)18-26(16-23)30-3/h4-13,15-16,18-19,28H,14,17H2,1-3H3/b9-4+. The highest BCUT2D eigenvalue weighted by Crippen LogP contribution is 2.23. The maximum atomic E-state index is 12.3. The van der Waals surface area contributed by atoms with Crippen LogP contribution < -0.4 is 9.47 Å². The van der Waals surface area contributed by atoms with Gasteiger partial charge < -0.3 is 14.6 Å². The van der Waals surface area contributed by atoms with Crippen LogP contribution in [0.25, 0.3) is 12.2 Å². The van der Waals surface area contributed by atoms with Crippen molar-refractivity contribution in [1.29, 1.82) is 0 Å². The van der Waals surface area contributed by atoms with Crippen LogP contribution in [0.1, 0.15) is 36.1 Å². The first-order chi connectivity index (χ1) is 14.9. The second-order valence-corrected chi connectivity index (χ2v) is 7.93. The number of rotatable bonds is 8. The lowest BCUT2D eigenvalue weighted by Crippen LogP contribution is -2.11. The van der Waals surface area contributed by atoms with Gasteiger partial charge in [0.2, 0.25) is 0 Å². The number of phenolic OH excluding ortho intramolecular Hbond substituents is 1. The maximum Gasteiger partial charge on any atom is 0.315 e. The van der Waals surface area contributed by atoms with Gasteiger partial charge in [-0.2, -0.15) is 0 Å². The predicted octanol–water partition coefficient (Wildman–Crippen LogP) is 5.92. The van der Waals surface area contributed by atoms with Crippen molar-refractivity contribution in [3.63, 3.8) is 0 Å². The van der Waals surface area contributed by atoms with Gasteiger partial charge in [0.1, 0.15) is 17.2 Å². The fourth-order valence-corrected chi connectivity index (χ4v) is 3.26. The Balaban J connectivity index is 1.56. The van der Waals surface area contributed by atoms with Crippen molar-refractivity contribution >= 4 is 18.1 Å². The van der Waals surface area contributed by atoms with Crippen LogP contribution in [-0.4, -0.2) is 18.2 Å². The average molecular weight is 417 g/mol. The molecule has 0 saturated heterocycles. The predicted molar refractivity (Wildman–Crippen MR) is 124 cm³/mol. The maximum absolute atomic E-state index is 12.3. The molecule has 3 rings (SSSR count). The summed E-state index contributed by atoms with van der Waals surface area (Å²) in [6.07, 6.45) is 5.07. The molecule has 4 nitrogen and oxygen atoms in total. The minimum absolute atomic E-state index is 0.149. The van der Waals surface area contributed by atoms with E-state index in [-0.39, 0.29) is 18.1 Å². The Morgan fingerprint density at radius 2 is 1.52 bits per heavy atom. The zero-order valence-electron chi connectivity index (χ0n) is 18.2. The number of hydrogen-bond donors (Lipinski definition) is 1. The van der Waals surface area contributed by atoms with E-state index in [1.165, 1.54) is 5.56 Å². The highest BCUT2D eigenvalue weighted by molar-refractivity contribution is 5.76. The lowest BCUT2D eigenvalue weighted by atomic mass is 10.0. The van der Waals surface area contributed by atoms with Crippen molar-refractivity contribution in [2.24, 2.45) is 5.92 Å². The number of carbonyl (C=O) groups is 1.